The van der Waals surface area contributed by atoms with Crippen LogP contribution >= 0.6 is 0 Å². The molecule has 0 aliphatic rings. The average molecular weight is 371 g/mol. The van der Waals surface area contributed by atoms with E-state index >= 15 is 0 Å². The largest absolute Gasteiger partial charge is 0.416 e. The Kier molecular flexibility index (Phi) is 5.21. The molecule has 27 heavy (non-hydrogen) atoms. The van der Waals surface area contributed by atoms with Gasteiger partial charge >= 0.3 is 6.18 Å². The molecule has 0 saturated carbocycles. The number of nitrogens with one attached hydrogen (secondary N) is 1. The zero-order chi connectivity index (χ0) is 19.4. The van der Waals surface area contributed by atoms with Crippen LogP contribution in [0.15, 0.2) is 60.8 Å². The number of rotatable bonds is 4. The molecule has 0 fully saturated rings. The van der Waals surface area contributed by atoms with E-state index in [9.17, 15) is 18.0 Å². The Morgan fingerprint density at radius 2 is 1.85 bits per heavy atom. The minimum atomic E-state index is -4.42. The smallest absolute Gasteiger partial charge is 0.346 e. The van der Waals surface area contributed by atoms with Gasteiger partial charge in [0.1, 0.15) is 0 Å². The minimum Gasteiger partial charge on any atom is -0.346 e. The lowest BCUT2D eigenvalue weighted by Crippen LogP contribution is -2.25. The number of hydrogen-bond acceptors (Lipinski definition) is 3. The van der Waals surface area contributed by atoms with Crippen LogP contribution in [-0.4, -0.2) is 15.9 Å². The molecular weight excluding hydrogens is 355 g/mol. The molecule has 1 unspecified atom stereocenters. The summed E-state index contributed by atoms with van der Waals surface area (Å²) >= 11 is 0. The van der Waals surface area contributed by atoms with Crippen LogP contribution < -0.4 is 5.32 Å². The van der Waals surface area contributed by atoms with Crippen molar-refractivity contribution in [3.63, 3.8) is 0 Å². The Morgan fingerprint density at radius 1 is 1.11 bits per heavy atom. The first kappa shape index (κ1) is 18.6. The third kappa shape index (κ3) is 4.69. The van der Waals surface area contributed by atoms with Gasteiger partial charge in [0.2, 0.25) is 5.91 Å². The monoisotopic (exact) mass is 371 g/mol. The molecule has 0 spiro atoms. The van der Waals surface area contributed by atoms with Crippen molar-refractivity contribution in [2.24, 2.45) is 0 Å². The Balaban J connectivity index is 1.68. The van der Waals surface area contributed by atoms with Gasteiger partial charge in [-0.1, -0.05) is 24.3 Å². The molecule has 0 radical (unpaired) electrons. The number of amides is 1. The van der Waals surface area contributed by atoms with Crippen molar-refractivity contribution < 1.29 is 18.0 Å². The average Bonchev–Trinajstić information content (AvgIpc) is 2.65. The molecule has 1 N–H and O–H groups in total. The summed E-state index contributed by atoms with van der Waals surface area (Å²) in [5.74, 6) is -0.435. The second-order valence-corrected chi connectivity index (χ2v) is 5.97. The van der Waals surface area contributed by atoms with Crippen molar-refractivity contribution in [1.29, 1.82) is 0 Å². The van der Waals surface area contributed by atoms with Crippen LogP contribution in [0.25, 0.3) is 17.1 Å². The summed E-state index contributed by atoms with van der Waals surface area (Å²) in [6.07, 6.45) is -0.0900. The molecule has 0 bridgehead atoms. The van der Waals surface area contributed by atoms with E-state index < -0.39 is 23.7 Å². The van der Waals surface area contributed by atoms with Crippen molar-refractivity contribution in [3.05, 3.63) is 77.6 Å². The molecule has 0 aliphatic carbocycles. The Hall–Kier alpha value is -3.22. The fraction of sp³-hybridized carbons (Fsp3) is 0.150. The maximum atomic E-state index is 12.8. The zero-order valence-corrected chi connectivity index (χ0v) is 14.4. The highest BCUT2D eigenvalue weighted by Crippen LogP contribution is 2.30. The van der Waals surface area contributed by atoms with Crippen molar-refractivity contribution in [2.45, 2.75) is 19.1 Å². The quantitative estimate of drug-likeness (QED) is 0.685. The highest BCUT2D eigenvalue weighted by Gasteiger charge is 2.30. The van der Waals surface area contributed by atoms with E-state index in [4.69, 9.17) is 0 Å². The standard InChI is InChI=1S/C20H16F3N3O/c1-13(14-5-4-6-15(11-14)20(21,22)23)25-19(27)10-9-16-12-24-17-7-2-3-8-18(17)26-16/h2-13H,1H3,(H,25,27)/b10-9+. The van der Waals surface area contributed by atoms with Gasteiger partial charge in [-0.3, -0.25) is 9.78 Å². The summed E-state index contributed by atoms with van der Waals surface area (Å²) in [4.78, 5) is 20.7. The molecule has 0 aliphatic heterocycles. The predicted molar refractivity (Wildman–Crippen MR) is 96.6 cm³/mol. The topological polar surface area (TPSA) is 54.9 Å². The van der Waals surface area contributed by atoms with Gasteiger partial charge in [-0.2, -0.15) is 13.2 Å². The molecule has 1 atom stereocenters. The number of hydrogen-bond donors (Lipinski definition) is 1. The van der Waals surface area contributed by atoms with Gasteiger partial charge in [-0.15, -0.1) is 0 Å². The molecule has 7 heteroatoms. The first-order valence-corrected chi connectivity index (χ1v) is 8.20. The Morgan fingerprint density at radius 3 is 2.59 bits per heavy atom. The van der Waals surface area contributed by atoms with E-state index in [1.807, 2.05) is 24.3 Å². The van der Waals surface area contributed by atoms with Crippen LogP contribution in [0, 0.1) is 0 Å². The van der Waals surface area contributed by atoms with Gasteiger partial charge in [-0.05, 0) is 42.8 Å². The molecule has 138 valence electrons. The Bertz CT molecular complexity index is 999. The lowest BCUT2D eigenvalue weighted by molar-refractivity contribution is -0.137. The minimum absolute atomic E-state index is 0.372. The third-order valence-corrected chi connectivity index (χ3v) is 3.95. The van der Waals surface area contributed by atoms with Crippen molar-refractivity contribution in [1.82, 2.24) is 15.3 Å². The maximum absolute atomic E-state index is 12.8. The van der Waals surface area contributed by atoms with Crippen LogP contribution in [0.1, 0.15) is 29.8 Å². The van der Waals surface area contributed by atoms with Gasteiger partial charge in [0.05, 0.1) is 34.5 Å². The van der Waals surface area contributed by atoms with Gasteiger partial charge in [0, 0.05) is 6.08 Å². The molecule has 3 rings (SSSR count). The summed E-state index contributed by atoms with van der Waals surface area (Å²) in [5, 5.41) is 2.64. The molecular formula is C20H16F3N3O. The van der Waals surface area contributed by atoms with Crippen molar-refractivity contribution in [3.8, 4) is 0 Å². The maximum Gasteiger partial charge on any atom is 0.416 e. The van der Waals surface area contributed by atoms with E-state index in [1.165, 1.54) is 18.2 Å². The summed E-state index contributed by atoms with van der Waals surface area (Å²) in [6.45, 7) is 1.62. The molecule has 0 saturated heterocycles. The number of carbonyl (C=O) groups is 1. The zero-order valence-electron chi connectivity index (χ0n) is 14.4. The number of para-hydroxylation sites is 2. The van der Waals surface area contributed by atoms with E-state index in [0.29, 0.717) is 16.8 Å². The van der Waals surface area contributed by atoms with Crippen LogP contribution in [0.4, 0.5) is 13.2 Å². The normalized spacial score (nSPS) is 13.0. The number of alkyl halides is 3. The van der Waals surface area contributed by atoms with Crippen LogP contribution in [0.3, 0.4) is 0 Å². The molecule has 1 heterocycles. The van der Waals surface area contributed by atoms with E-state index in [0.717, 1.165) is 17.6 Å². The summed E-state index contributed by atoms with van der Waals surface area (Å²) in [5.41, 5.74) is 1.59. The first-order valence-electron chi connectivity index (χ1n) is 8.20. The van der Waals surface area contributed by atoms with Crippen molar-refractivity contribution >= 4 is 23.0 Å². The first-order chi connectivity index (χ1) is 12.8. The summed E-state index contributed by atoms with van der Waals surface area (Å²) in [7, 11) is 0. The van der Waals surface area contributed by atoms with Crippen molar-refractivity contribution in [2.75, 3.05) is 0 Å². The van der Waals surface area contributed by atoms with Crippen LogP contribution in [0.5, 0.6) is 0 Å². The van der Waals surface area contributed by atoms with Crippen LogP contribution in [0.2, 0.25) is 0 Å². The summed E-state index contributed by atoms with van der Waals surface area (Å²) in [6, 6.07) is 11.7. The van der Waals surface area contributed by atoms with Gasteiger partial charge in [0.25, 0.3) is 0 Å². The molecule has 1 aromatic heterocycles. The third-order valence-electron chi connectivity index (χ3n) is 3.95. The highest BCUT2D eigenvalue weighted by molar-refractivity contribution is 5.92. The fourth-order valence-electron chi connectivity index (χ4n) is 2.54. The van der Waals surface area contributed by atoms with Crippen LogP contribution in [-0.2, 0) is 11.0 Å². The molecule has 2 aromatic carbocycles. The number of benzene rings is 2. The molecule has 1 amide bonds. The van der Waals surface area contributed by atoms with Gasteiger partial charge in [0.15, 0.2) is 0 Å². The number of nitrogens with zero attached hydrogens (tertiary/aromatic N) is 2. The Labute approximate surface area is 153 Å². The second-order valence-electron chi connectivity index (χ2n) is 5.97. The number of carbonyl (C=O) groups excluding carboxylic acids is 1. The highest BCUT2D eigenvalue weighted by atomic mass is 19.4. The lowest BCUT2D eigenvalue weighted by atomic mass is 10.0. The van der Waals surface area contributed by atoms with Gasteiger partial charge in [-0.25, -0.2) is 4.98 Å². The number of aromatic nitrogens is 2. The SMILES string of the molecule is CC(NC(=O)/C=C/c1cnc2ccccc2n1)c1cccc(C(F)(F)F)c1. The fourth-order valence-corrected chi connectivity index (χ4v) is 2.54. The summed E-state index contributed by atoms with van der Waals surface area (Å²) < 4.78 is 38.4. The predicted octanol–water partition coefficient (Wildman–Crippen LogP) is 4.54. The van der Waals surface area contributed by atoms with E-state index in [-0.39, 0.29) is 0 Å². The second kappa shape index (κ2) is 7.57. The van der Waals surface area contributed by atoms with E-state index in [2.05, 4.69) is 15.3 Å². The molecule has 3 aromatic rings. The lowest BCUT2D eigenvalue weighted by Gasteiger charge is -2.15. The van der Waals surface area contributed by atoms with Gasteiger partial charge < -0.3 is 5.32 Å². The number of halogens is 3. The molecule has 4 nitrogen and oxygen atoms in total. The van der Waals surface area contributed by atoms with E-state index in [1.54, 1.807) is 19.2 Å². The number of fused-ring (bicyclic) bond motifs is 1.